The molecule has 18 heavy (non-hydrogen) atoms. The minimum atomic E-state index is 0.680. The van der Waals surface area contributed by atoms with Gasteiger partial charge in [0.05, 0.1) is 0 Å². The molecule has 3 heteroatoms. The Labute approximate surface area is 114 Å². The maximum absolute atomic E-state index is 3.63. The van der Waals surface area contributed by atoms with Gasteiger partial charge in [-0.3, -0.25) is 4.90 Å². The van der Waals surface area contributed by atoms with Crippen molar-refractivity contribution in [1.29, 1.82) is 0 Å². The summed E-state index contributed by atoms with van der Waals surface area (Å²) in [6.45, 7) is 17.5. The van der Waals surface area contributed by atoms with Crippen LogP contribution in [0.2, 0.25) is 0 Å². The number of nitrogens with zero attached hydrogens (tertiary/aromatic N) is 2. The zero-order valence-corrected chi connectivity index (χ0v) is 13.2. The highest BCUT2D eigenvalue weighted by atomic mass is 15.3. The number of hydrogen-bond acceptors (Lipinski definition) is 3. The molecule has 1 N–H and O–H groups in total. The van der Waals surface area contributed by atoms with Crippen LogP contribution in [-0.4, -0.2) is 61.7 Å². The van der Waals surface area contributed by atoms with Gasteiger partial charge in [0.1, 0.15) is 0 Å². The largest absolute Gasteiger partial charge is 0.315 e. The summed E-state index contributed by atoms with van der Waals surface area (Å²) >= 11 is 0. The van der Waals surface area contributed by atoms with Crippen molar-refractivity contribution in [3.05, 3.63) is 0 Å². The van der Waals surface area contributed by atoms with Gasteiger partial charge in [-0.25, -0.2) is 0 Å². The monoisotopic (exact) mass is 255 g/mol. The molecule has 1 saturated heterocycles. The summed E-state index contributed by atoms with van der Waals surface area (Å²) in [5.74, 6) is 1.46. The zero-order valence-electron chi connectivity index (χ0n) is 13.2. The maximum Gasteiger partial charge on any atom is 0.0244 e. The smallest absolute Gasteiger partial charge is 0.0244 e. The average Bonchev–Trinajstić information content (AvgIpc) is 2.27. The Kier molecular flexibility index (Phi) is 6.61. The molecule has 0 saturated carbocycles. The fourth-order valence-corrected chi connectivity index (χ4v) is 2.68. The van der Waals surface area contributed by atoms with Crippen LogP contribution in [0.15, 0.2) is 0 Å². The molecule has 1 rings (SSSR count). The van der Waals surface area contributed by atoms with E-state index in [4.69, 9.17) is 0 Å². The highest BCUT2D eigenvalue weighted by Crippen LogP contribution is 2.15. The first-order valence-electron chi connectivity index (χ1n) is 7.56. The Morgan fingerprint density at radius 3 is 2.28 bits per heavy atom. The van der Waals surface area contributed by atoms with Crippen LogP contribution in [0.1, 0.15) is 34.6 Å². The Morgan fingerprint density at radius 2 is 1.78 bits per heavy atom. The van der Waals surface area contributed by atoms with E-state index in [9.17, 15) is 0 Å². The van der Waals surface area contributed by atoms with Gasteiger partial charge >= 0.3 is 0 Å². The van der Waals surface area contributed by atoms with Crippen molar-refractivity contribution < 1.29 is 0 Å². The topological polar surface area (TPSA) is 18.5 Å². The molecule has 0 amide bonds. The molecule has 0 aromatic rings. The van der Waals surface area contributed by atoms with E-state index in [0.717, 1.165) is 24.9 Å². The van der Waals surface area contributed by atoms with Crippen LogP contribution < -0.4 is 5.32 Å². The van der Waals surface area contributed by atoms with Gasteiger partial charge in [-0.05, 0) is 32.4 Å². The molecule has 1 heterocycles. The second-order valence-electron chi connectivity index (χ2n) is 6.69. The van der Waals surface area contributed by atoms with Gasteiger partial charge in [0.15, 0.2) is 0 Å². The van der Waals surface area contributed by atoms with Crippen molar-refractivity contribution in [3.8, 4) is 0 Å². The van der Waals surface area contributed by atoms with Crippen molar-refractivity contribution in [1.82, 2.24) is 15.1 Å². The Bertz CT molecular complexity index is 228. The predicted octanol–water partition coefficient (Wildman–Crippen LogP) is 1.89. The molecule has 2 atom stereocenters. The molecule has 0 radical (unpaired) electrons. The molecule has 108 valence electrons. The molecule has 1 fully saturated rings. The third kappa shape index (κ3) is 4.87. The van der Waals surface area contributed by atoms with Gasteiger partial charge in [0.2, 0.25) is 0 Å². The highest BCUT2D eigenvalue weighted by molar-refractivity contribution is 4.84. The van der Waals surface area contributed by atoms with E-state index in [2.05, 4.69) is 56.8 Å². The number of likely N-dealkylation sites (N-methyl/N-ethyl adjacent to an activating group) is 1. The summed E-state index contributed by atoms with van der Waals surface area (Å²) in [6.07, 6.45) is 0. The second kappa shape index (κ2) is 7.46. The SMILES string of the molecule is CC(C)CNCC(C(C)C)N1CCN(C)C(C)C1. The minimum Gasteiger partial charge on any atom is -0.315 e. The van der Waals surface area contributed by atoms with Crippen molar-refractivity contribution in [2.45, 2.75) is 46.7 Å². The predicted molar refractivity (Wildman–Crippen MR) is 80.0 cm³/mol. The van der Waals surface area contributed by atoms with Crippen LogP contribution in [0.4, 0.5) is 0 Å². The summed E-state index contributed by atoms with van der Waals surface area (Å²) in [6, 6.07) is 1.37. The van der Waals surface area contributed by atoms with E-state index in [1.165, 1.54) is 19.6 Å². The fourth-order valence-electron chi connectivity index (χ4n) is 2.68. The average molecular weight is 255 g/mol. The summed E-state index contributed by atoms with van der Waals surface area (Å²) in [4.78, 5) is 5.15. The molecule has 0 aliphatic carbocycles. The van der Waals surface area contributed by atoms with E-state index in [0.29, 0.717) is 12.1 Å². The van der Waals surface area contributed by atoms with Crippen molar-refractivity contribution >= 4 is 0 Å². The van der Waals surface area contributed by atoms with Gasteiger partial charge in [0.25, 0.3) is 0 Å². The van der Waals surface area contributed by atoms with E-state index >= 15 is 0 Å². The van der Waals surface area contributed by atoms with Crippen LogP contribution in [0.3, 0.4) is 0 Å². The molecular weight excluding hydrogens is 222 g/mol. The lowest BCUT2D eigenvalue weighted by atomic mass is 10.00. The Morgan fingerprint density at radius 1 is 1.11 bits per heavy atom. The zero-order chi connectivity index (χ0) is 13.7. The molecule has 0 aromatic carbocycles. The van der Waals surface area contributed by atoms with E-state index < -0.39 is 0 Å². The van der Waals surface area contributed by atoms with Crippen molar-refractivity contribution in [2.24, 2.45) is 11.8 Å². The van der Waals surface area contributed by atoms with Crippen LogP contribution >= 0.6 is 0 Å². The molecular formula is C15H33N3. The van der Waals surface area contributed by atoms with Crippen molar-refractivity contribution in [2.75, 3.05) is 39.8 Å². The normalized spacial score (nSPS) is 25.0. The number of hydrogen-bond donors (Lipinski definition) is 1. The first-order valence-corrected chi connectivity index (χ1v) is 7.56. The number of rotatable bonds is 6. The van der Waals surface area contributed by atoms with Gasteiger partial charge in [-0.15, -0.1) is 0 Å². The van der Waals surface area contributed by atoms with Gasteiger partial charge in [0, 0.05) is 38.3 Å². The summed E-state index contributed by atoms with van der Waals surface area (Å²) in [7, 11) is 2.24. The lowest BCUT2D eigenvalue weighted by molar-refractivity contribution is 0.0544. The molecule has 0 spiro atoms. The number of piperazine rings is 1. The third-order valence-corrected chi connectivity index (χ3v) is 4.14. The first-order chi connectivity index (χ1) is 8.41. The van der Waals surface area contributed by atoms with Crippen LogP contribution in [-0.2, 0) is 0 Å². The van der Waals surface area contributed by atoms with Crippen molar-refractivity contribution in [3.63, 3.8) is 0 Å². The van der Waals surface area contributed by atoms with Gasteiger partial charge in [-0.2, -0.15) is 0 Å². The summed E-state index contributed by atoms with van der Waals surface area (Å²) < 4.78 is 0. The second-order valence-corrected chi connectivity index (χ2v) is 6.69. The van der Waals surface area contributed by atoms with Crippen LogP contribution in [0.25, 0.3) is 0 Å². The maximum atomic E-state index is 3.63. The van der Waals surface area contributed by atoms with Gasteiger partial charge < -0.3 is 10.2 Å². The third-order valence-electron chi connectivity index (χ3n) is 4.14. The van der Waals surface area contributed by atoms with Crippen LogP contribution in [0, 0.1) is 11.8 Å². The molecule has 0 aromatic heterocycles. The molecule has 2 unspecified atom stereocenters. The Hall–Kier alpha value is -0.120. The molecule has 1 aliphatic rings. The highest BCUT2D eigenvalue weighted by Gasteiger charge is 2.27. The quantitative estimate of drug-likeness (QED) is 0.782. The minimum absolute atomic E-state index is 0.680. The van der Waals surface area contributed by atoms with E-state index in [1.54, 1.807) is 0 Å². The Balaban J connectivity index is 2.46. The number of nitrogens with one attached hydrogen (secondary N) is 1. The summed E-state index contributed by atoms with van der Waals surface area (Å²) in [5.41, 5.74) is 0. The lowest BCUT2D eigenvalue weighted by Gasteiger charge is -2.43. The summed E-state index contributed by atoms with van der Waals surface area (Å²) in [5, 5.41) is 3.63. The molecule has 3 nitrogen and oxygen atoms in total. The standard InChI is InChI=1S/C15H33N3/c1-12(2)9-16-10-15(13(3)4)18-8-7-17(6)14(5)11-18/h12-16H,7-11H2,1-6H3. The molecule has 0 bridgehead atoms. The van der Waals surface area contributed by atoms with Gasteiger partial charge in [-0.1, -0.05) is 27.7 Å². The van der Waals surface area contributed by atoms with E-state index in [-0.39, 0.29) is 0 Å². The van der Waals surface area contributed by atoms with E-state index in [1.807, 2.05) is 0 Å². The fraction of sp³-hybridized carbons (Fsp3) is 1.00. The molecule has 1 aliphatic heterocycles. The first kappa shape index (κ1) is 15.9. The lowest BCUT2D eigenvalue weighted by Crippen LogP contribution is -2.57. The van der Waals surface area contributed by atoms with Crippen LogP contribution in [0.5, 0.6) is 0 Å².